The third kappa shape index (κ3) is 4.73. The lowest BCUT2D eigenvalue weighted by Gasteiger charge is -2.10. The van der Waals surface area contributed by atoms with Crippen LogP contribution in [0.5, 0.6) is 11.5 Å². The number of benzene rings is 3. The molecule has 6 nitrogen and oxygen atoms in total. The second-order valence-corrected chi connectivity index (χ2v) is 5.31. The van der Waals surface area contributed by atoms with Crippen molar-refractivity contribution in [3.63, 3.8) is 0 Å². The molecular formula is C20H17NO5. The molecule has 1 N–H and O–H groups in total. The molecule has 3 aromatic rings. The monoisotopic (exact) mass is 351 g/mol. The predicted molar refractivity (Wildman–Crippen MR) is 96.0 cm³/mol. The molecule has 6 heteroatoms. The van der Waals surface area contributed by atoms with Crippen LogP contribution in [-0.2, 0) is 9.53 Å². The predicted octanol–water partition coefficient (Wildman–Crippen LogP) is 3.51. The van der Waals surface area contributed by atoms with Gasteiger partial charge in [-0.3, -0.25) is 5.32 Å². The highest BCUT2D eigenvalue weighted by Crippen LogP contribution is 2.25. The van der Waals surface area contributed by atoms with E-state index in [2.05, 4.69) is 5.32 Å². The first-order valence-corrected chi connectivity index (χ1v) is 7.99. The minimum atomic E-state index is -0.710. The molecule has 0 atom stereocenters. The number of fused-ring (bicyclic) bond motifs is 1. The van der Waals surface area contributed by atoms with E-state index in [0.717, 1.165) is 10.8 Å². The number of nitrogens with one attached hydrogen (secondary N) is 1. The molecule has 132 valence electrons. The van der Waals surface area contributed by atoms with Gasteiger partial charge in [0.05, 0.1) is 0 Å². The van der Waals surface area contributed by atoms with Crippen molar-refractivity contribution in [1.82, 2.24) is 5.32 Å². The average molecular weight is 351 g/mol. The zero-order chi connectivity index (χ0) is 18.2. The van der Waals surface area contributed by atoms with Crippen LogP contribution >= 0.6 is 0 Å². The molecule has 0 spiro atoms. The number of ether oxygens (including phenoxy) is 3. The zero-order valence-electron chi connectivity index (χ0n) is 13.9. The molecule has 0 aliphatic heterocycles. The Hall–Kier alpha value is -3.54. The fourth-order valence-electron chi connectivity index (χ4n) is 2.30. The maximum Gasteiger partial charge on any atom is 0.415 e. The molecule has 0 aliphatic rings. The summed E-state index contributed by atoms with van der Waals surface area (Å²) >= 11 is 0. The Bertz CT molecular complexity index is 890. The van der Waals surface area contributed by atoms with Crippen molar-refractivity contribution < 1.29 is 23.8 Å². The Kier molecular flexibility index (Phi) is 5.67. The van der Waals surface area contributed by atoms with Gasteiger partial charge in [0.1, 0.15) is 11.5 Å². The van der Waals surface area contributed by atoms with Gasteiger partial charge in [-0.2, -0.15) is 0 Å². The van der Waals surface area contributed by atoms with Gasteiger partial charge in [0.25, 0.3) is 0 Å². The summed E-state index contributed by atoms with van der Waals surface area (Å²) in [5.41, 5.74) is 0. The number of esters is 1. The number of hydrogen-bond acceptors (Lipinski definition) is 5. The van der Waals surface area contributed by atoms with Crippen LogP contribution in [0.4, 0.5) is 4.79 Å². The number of carbonyl (C=O) groups excluding carboxylic acids is 2. The smallest absolute Gasteiger partial charge is 0.415 e. The van der Waals surface area contributed by atoms with Gasteiger partial charge in [0.2, 0.25) is 0 Å². The molecule has 3 aromatic carbocycles. The second-order valence-electron chi connectivity index (χ2n) is 5.31. The molecule has 0 aromatic heterocycles. The number of para-hydroxylation sites is 1. The zero-order valence-corrected chi connectivity index (χ0v) is 13.9. The highest BCUT2D eigenvalue weighted by atomic mass is 16.6. The lowest BCUT2D eigenvalue weighted by molar-refractivity contribution is -0.146. The van der Waals surface area contributed by atoms with E-state index >= 15 is 0 Å². The fraction of sp³-hybridized carbons (Fsp3) is 0.100. The number of rotatable bonds is 6. The minimum absolute atomic E-state index is 0.246. The van der Waals surface area contributed by atoms with Gasteiger partial charge in [0.15, 0.2) is 13.3 Å². The molecular weight excluding hydrogens is 334 g/mol. The van der Waals surface area contributed by atoms with Crippen molar-refractivity contribution in [3.8, 4) is 11.5 Å². The van der Waals surface area contributed by atoms with Crippen LogP contribution in [0, 0.1) is 0 Å². The molecule has 0 bridgehead atoms. The summed E-state index contributed by atoms with van der Waals surface area (Å²) in [4.78, 5) is 23.5. The Morgan fingerprint density at radius 2 is 1.58 bits per heavy atom. The molecule has 0 saturated heterocycles. The lowest BCUT2D eigenvalue weighted by atomic mass is 10.1. The van der Waals surface area contributed by atoms with Gasteiger partial charge in [-0.05, 0) is 23.6 Å². The topological polar surface area (TPSA) is 73.9 Å². The number of amides is 1. The van der Waals surface area contributed by atoms with Gasteiger partial charge >= 0.3 is 12.1 Å². The Morgan fingerprint density at radius 1 is 0.846 bits per heavy atom. The molecule has 1 amide bonds. The van der Waals surface area contributed by atoms with E-state index in [-0.39, 0.29) is 13.3 Å². The number of carbonyl (C=O) groups is 2. The first-order valence-electron chi connectivity index (χ1n) is 7.99. The van der Waals surface area contributed by atoms with Crippen LogP contribution in [0.2, 0.25) is 0 Å². The third-order valence-electron chi connectivity index (χ3n) is 3.50. The third-order valence-corrected chi connectivity index (χ3v) is 3.50. The van der Waals surface area contributed by atoms with Crippen LogP contribution in [0.1, 0.15) is 0 Å². The fourth-order valence-corrected chi connectivity index (χ4v) is 2.30. The van der Waals surface area contributed by atoms with E-state index in [1.807, 2.05) is 36.4 Å². The average Bonchev–Trinajstić information content (AvgIpc) is 2.67. The van der Waals surface area contributed by atoms with Crippen molar-refractivity contribution in [2.24, 2.45) is 0 Å². The Labute approximate surface area is 150 Å². The van der Waals surface area contributed by atoms with Crippen LogP contribution in [0.15, 0.2) is 72.8 Å². The lowest BCUT2D eigenvalue weighted by Crippen LogP contribution is -2.31. The highest BCUT2D eigenvalue weighted by molar-refractivity contribution is 5.90. The maximum absolute atomic E-state index is 11.9. The standard InChI is InChI=1S/C20H17NO5/c22-19(13-24-16-9-2-1-3-10-16)25-14-21-20(23)26-18-12-6-8-15-7-4-5-11-17(15)18/h1-12H,13-14H2,(H,21,23). The minimum Gasteiger partial charge on any atom is -0.482 e. The molecule has 0 saturated carbocycles. The summed E-state index contributed by atoms with van der Waals surface area (Å²) in [6, 6.07) is 21.9. The summed E-state index contributed by atoms with van der Waals surface area (Å²) in [6.45, 7) is -0.551. The van der Waals surface area contributed by atoms with Crippen LogP contribution in [0.3, 0.4) is 0 Å². The van der Waals surface area contributed by atoms with E-state index in [0.29, 0.717) is 11.5 Å². The van der Waals surface area contributed by atoms with E-state index in [1.165, 1.54) is 0 Å². The molecule has 0 fully saturated rings. The van der Waals surface area contributed by atoms with Crippen LogP contribution in [0.25, 0.3) is 10.8 Å². The SMILES string of the molecule is O=C(COc1ccccc1)OCNC(=O)Oc1cccc2ccccc12. The first-order chi connectivity index (χ1) is 12.7. The Morgan fingerprint density at radius 3 is 2.42 bits per heavy atom. The quantitative estimate of drug-likeness (QED) is 0.543. The van der Waals surface area contributed by atoms with Crippen molar-refractivity contribution in [2.75, 3.05) is 13.3 Å². The first kappa shape index (κ1) is 17.3. The van der Waals surface area contributed by atoms with E-state index in [9.17, 15) is 9.59 Å². The Balaban J connectivity index is 1.43. The molecule has 0 aliphatic carbocycles. The molecule has 0 heterocycles. The second kappa shape index (κ2) is 8.53. The van der Waals surface area contributed by atoms with Crippen molar-refractivity contribution >= 4 is 22.8 Å². The summed E-state index contributed by atoms with van der Waals surface area (Å²) in [7, 11) is 0. The van der Waals surface area contributed by atoms with E-state index in [1.54, 1.807) is 36.4 Å². The van der Waals surface area contributed by atoms with Crippen molar-refractivity contribution in [3.05, 3.63) is 72.8 Å². The molecule has 3 rings (SSSR count). The van der Waals surface area contributed by atoms with Gasteiger partial charge in [-0.1, -0.05) is 54.6 Å². The van der Waals surface area contributed by atoms with Gasteiger partial charge in [-0.25, -0.2) is 9.59 Å². The van der Waals surface area contributed by atoms with E-state index < -0.39 is 12.1 Å². The molecule has 0 radical (unpaired) electrons. The largest absolute Gasteiger partial charge is 0.482 e. The van der Waals surface area contributed by atoms with Crippen LogP contribution in [-0.4, -0.2) is 25.4 Å². The number of hydrogen-bond donors (Lipinski definition) is 1. The summed E-state index contributed by atoms with van der Waals surface area (Å²) in [6.07, 6.45) is -0.710. The van der Waals surface area contributed by atoms with E-state index in [4.69, 9.17) is 14.2 Å². The normalized spacial score (nSPS) is 10.2. The van der Waals surface area contributed by atoms with Gasteiger partial charge < -0.3 is 14.2 Å². The summed E-state index contributed by atoms with van der Waals surface area (Å²) in [5.74, 6) is 0.395. The van der Waals surface area contributed by atoms with Gasteiger partial charge in [-0.15, -0.1) is 0 Å². The highest BCUT2D eigenvalue weighted by Gasteiger charge is 2.09. The van der Waals surface area contributed by atoms with Crippen LogP contribution < -0.4 is 14.8 Å². The summed E-state index contributed by atoms with van der Waals surface area (Å²) in [5, 5.41) is 4.14. The summed E-state index contributed by atoms with van der Waals surface area (Å²) < 4.78 is 15.4. The van der Waals surface area contributed by atoms with Gasteiger partial charge in [0, 0.05) is 5.39 Å². The molecule has 26 heavy (non-hydrogen) atoms. The van der Waals surface area contributed by atoms with Crippen molar-refractivity contribution in [1.29, 1.82) is 0 Å². The maximum atomic E-state index is 11.9. The molecule has 0 unspecified atom stereocenters. The van der Waals surface area contributed by atoms with Crippen molar-refractivity contribution in [2.45, 2.75) is 0 Å².